The second-order valence-corrected chi connectivity index (χ2v) is 4.65. The molecule has 0 radical (unpaired) electrons. The van der Waals surface area contributed by atoms with Crippen LogP contribution in [-0.4, -0.2) is 41.1 Å². The van der Waals surface area contributed by atoms with Crippen molar-refractivity contribution >= 4 is 0 Å². The van der Waals surface area contributed by atoms with Gasteiger partial charge < -0.3 is 24.3 Å². The van der Waals surface area contributed by atoms with Crippen molar-refractivity contribution in [2.75, 3.05) is 35.0 Å². The molecule has 1 aromatic rings. The van der Waals surface area contributed by atoms with Crippen molar-refractivity contribution in [3.05, 3.63) is 17.7 Å². The topological polar surface area (TPSA) is 49.0 Å². The molecule has 0 aliphatic rings. The highest BCUT2D eigenvalue weighted by atomic mass is 16.5. The van der Waals surface area contributed by atoms with Crippen molar-refractivity contribution in [2.24, 2.45) is 0 Å². The van der Waals surface area contributed by atoms with Crippen molar-refractivity contribution in [2.45, 2.75) is 26.0 Å². The summed E-state index contributed by atoms with van der Waals surface area (Å²) in [7, 11) is 6.72. The Kier molecular flexibility index (Phi) is 6.61. The Morgan fingerprint density at radius 1 is 1.00 bits per heavy atom. The molecule has 20 heavy (non-hydrogen) atoms. The number of benzene rings is 1. The molecular formula is C15H25NO4. The van der Waals surface area contributed by atoms with Crippen LogP contribution < -0.4 is 19.5 Å². The van der Waals surface area contributed by atoms with Crippen LogP contribution in [0.1, 0.15) is 25.5 Å². The Morgan fingerprint density at radius 3 is 2.10 bits per heavy atom. The monoisotopic (exact) mass is 283 g/mol. The number of rotatable bonds is 8. The predicted octanol–water partition coefficient (Wildman–Crippen LogP) is 2.40. The fourth-order valence-electron chi connectivity index (χ4n) is 2.02. The number of likely N-dealkylation sites (N-methyl/N-ethyl adjacent to an activating group) is 1. The number of nitrogens with one attached hydrogen (secondary N) is 1. The molecule has 0 aromatic heterocycles. The van der Waals surface area contributed by atoms with Crippen LogP contribution >= 0.6 is 0 Å². The average molecular weight is 283 g/mol. The zero-order valence-electron chi connectivity index (χ0n) is 13.1. The second kappa shape index (κ2) is 7.97. The van der Waals surface area contributed by atoms with E-state index in [0.717, 1.165) is 5.56 Å². The van der Waals surface area contributed by atoms with Crippen LogP contribution in [-0.2, 0) is 4.74 Å². The highest BCUT2D eigenvalue weighted by Gasteiger charge is 2.21. The smallest absolute Gasteiger partial charge is 0.203 e. The normalized spacial score (nSPS) is 12.3. The van der Waals surface area contributed by atoms with E-state index in [0.29, 0.717) is 23.9 Å². The van der Waals surface area contributed by atoms with E-state index in [1.54, 1.807) is 21.3 Å². The van der Waals surface area contributed by atoms with Gasteiger partial charge in [-0.3, -0.25) is 0 Å². The van der Waals surface area contributed by atoms with Gasteiger partial charge in [-0.05, 0) is 33.0 Å². The molecule has 0 spiro atoms. The lowest BCUT2D eigenvalue weighted by molar-refractivity contribution is 0.0620. The molecular weight excluding hydrogens is 258 g/mol. The number of ether oxygens (including phenoxy) is 4. The lowest BCUT2D eigenvalue weighted by Crippen LogP contribution is -2.24. The van der Waals surface area contributed by atoms with Gasteiger partial charge in [0.15, 0.2) is 11.5 Å². The lowest BCUT2D eigenvalue weighted by Gasteiger charge is -2.22. The van der Waals surface area contributed by atoms with E-state index < -0.39 is 0 Å². The first-order valence-corrected chi connectivity index (χ1v) is 6.66. The Balaban J connectivity index is 3.14. The third kappa shape index (κ3) is 3.77. The van der Waals surface area contributed by atoms with Crippen molar-refractivity contribution in [3.8, 4) is 17.2 Å². The van der Waals surface area contributed by atoms with Gasteiger partial charge in [0.05, 0.1) is 40.1 Å². The van der Waals surface area contributed by atoms with Crippen LogP contribution in [0.25, 0.3) is 0 Å². The summed E-state index contributed by atoms with van der Waals surface area (Å²) in [6.07, 6.45) is 0.178. The van der Waals surface area contributed by atoms with Crippen molar-refractivity contribution in [1.82, 2.24) is 5.32 Å². The Bertz CT molecular complexity index is 421. The summed E-state index contributed by atoms with van der Waals surface area (Å²) < 4.78 is 21.9. The summed E-state index contributed by atoms with van der Waals surface area (Å²) in [6, 6.07) is 3.86. The quantitative estimate of drug-likeness (QED) is 0.794. The maximum Gasteiger partial charge on any atom is 0.203 e. The molecule has 5 nitrogen and oxygen atoms in total. The Morgan fingerprint density at radius 2 is 1.65 bits per heavy atom. The molecule has 114 valence electrons. The lowest BCUT2D eigenvalue weighted by atomic mass is 10.1. The van der Waals surface area contributed by atoms with Crippen LogP contribution in [0, 0.1) is 0 Å². The Hall–Kier alpha value is -1.46. The molecule has 0 heterocycles. The van der Waals surface area contributed by atoms with Gasteiger partial charge in [0.25, 0.3) is 0 Å². The summed E-state index contributed by atoms with van der Waals surface area (Å²) in [6.45, 7) is 4.58. The van der Waals surface area contributed by atoms with E-state index in [1.807, 2.05) is 33.0 Å². The van der Waals surface area contributed by atoms with Gasteiger partial charge in [-0.2, -0.15) is 0 Å². The van der Waals surface area contributed by atoms with E-state index in [2.05, 4.69) is 5.32 Å². The van der Waals surface area contributed by atoms with Gasteiger partial charge in [0.2, 0.25) is 5.75 Å². The van der Waals surface area contributed by atoms with Gasteiger partial charge in [0, 0.05) is 5.56 Å². The molecule has 1 unspecified atom stereocenters. The van der Waals surface area contributed by atoms with Gasteiger partial charge in [0.1, 0.15) is 0 Å². The third-order valence-electron chi connectivity index (χ3n) is 3.05. The fraction of sp³-hybridized carbons (Fsp3) is 0.600. The maximum absolute atomic E-state index is 5.69. The minimum atomic E-state index is 0.0205. The summed E-state index contributed by atoms with van der Waals surface area (Å²) in [5.41, 5.74) is 0.980. The van der Waals surface area contributed by atoms with Gasteiger partial charge >= 0.3 is 0 Å². The largest absolute Gasteiger partial charge is 0.493 e. The second-order valence-electron chi connectivity index (χ2n) is 4.65. The summed E-state index contributed by atoms with van der Waals surface area (Å²) in [5.74, 6) is 1.91. The number of hydrogen-bond donors (Lipinski definition) is 1. The highest BCUT2D eigenvalue weighted by molar-refractivity contribution is 5.56. The van der Waals surface area contributed by atoms with Crippen molar-refractivity contribution < 1.29 is 18.9 Å². The van der Waals surface area contributed by atoms with Crippen LogP contribution in [0.4, 0.5) is 0 Å². The Labute approximate surface area is 121 Å². The first kappa shape index (κ1) is 16.6. The molecule has 1 aromatic carbocycles. The van der Waals surface area contributed by atoms with E-state index in [4.69, 9.17) is 18.9 Å². The highest BCUT2D eigenvalue weighted by Crippen LogP contribution is 2.42. The summed E-state index contributed by atoms with van der Waals surface area (Å²) in [5, 5.41) is 3.24. The molecule has 1 N–H and O–H groups in total. The molecule has 0 amide bonds. The fourth-order valence-corrected chi connectivity index (χ4v) is 2.02. The zero-order chi connectivity index (χ0) is 15.1. The van der Waals surface area contributed by atoms with E-state index >= 15 is 0 Å². The third-order valence-corrected chi connectivity index (χ3v) is 3.05. The molecule has 0 bridgehead atoms. The van der Waals surface area contributed by atoms with Crippen molar-refractivity contribution in [3.63, 3.8) is 0 Å². The minimum Gasteiger partial charge on any atom is -0.493 e. The molecule has 0 saturated carbocycles. The summed E-state index contributed by atoms with van der Waals surface area (Å²) in [4.78, 5) is 0. The molecule has 0 saturated heterocycles. The minimum absolute atomic E-state index is 0.0205. The van der Waals surface area contributed by atoms with Crippen molar-refractivity contribution in [1.29, 1.82) is 0 Å². The molecule has 0 fully saturated rings. The van der Waals surface area contributed by atoms with E-state index in [9.17, 15) is 0 Å². The average Bonchev–Trinajstić information content (AvgIpc) is 2.46. The number of methoxy groups -OCH3 is 3. The van der Waals surface area contributed by atoms with Crippen LogP contribution in [0.3, 0.4) is 0 Å². The van der Waals surface area contributed by atoms with Gasteiger partial charge in [-0.25, -0.2) is 0 Å². The van der Waals surface area contributed by atoms with E-state index in [1.165, 1.54) is 0 Å². The number of hydrogen-bond acceptors (Lipinski definition) is 5. The molecule has 0 aliphatic heterocycles. The maximum atomic E-state index is 5.69. The SMILES string of the molecule is CNC(COC(C)C)c1ccc(OC)c(OC)c1OC. The molecule has 1 atom stereocenters. The van der Waals surface area contributed by atoms with Crippen LogP contribution in [0.15, 0.2) is 12.1 Å². The van der Waals surface area contributed by atoms with Crippen LogP contribution in [0.2, 0.25) is 0 Å². The summed E-state index contributed by atoms with van der Waals surface area (Å²) >= 11 is 0. The van der Waals surface area contributed by atoms with Crippen LogP contribution in [0.5, 0.6) is 17.2 Å². The molecule has 0 aliphatic carbocycles. The van der Waals surface area contributed by atoms with Gasteiger partial charge in [-0.15, -0.1) is 0 Å². The van der Waals surface area contributed by atoms with E-state index in [-0.39, 0.29) is 12.1 Å². The molecule has 5 heteroatoms. The van der Waals surface area contributed by atoms with Gasteiger partial charge in [-0.1, -0.05) is 0 Å². The zero-order valence-corrected chi connectivity index (χ0v) is 13.1. The predicted molar refractivity (Wildman–Crippen MR) is 79.0 cm³/mol. The standard InChI is InChI=1S/C15H25NO4/c1-10(2)20-9-12(16-3)11-7-8-13(17-4)15(19-6)14(11)18-5/h7-8,10,12,16H,9H2,1-6H3. The molecule has 1 rings (SSSR count). The first-order valence-electron chi connectivity index (χ1n) is 6.66. The first-order chi connectivity index (χ1) is 9.58.